The van der Waals surface area contributed by atoms with Crippen molar-refractivity contribution in [2.75, 3.05) is 0 Å². The number of H-pyrrole nitrogens is 1. The summed E-state index contributed by atoms with van der Waals surface area (Å²) in [6.07, 6.45) is 4.21. The summed E-state index contributed by atoms with van der Waals surface area (Å²) >= 11 is 0. The molecule has 1 aromatic heterocycles. The number of halogens is 1. The van der Waals surface area contributed by atoms with E-state index in [4.69, 9.17) is 0 Å². The van der Waals surface area contributed by atoms with E-state index < -0.39 is 11.4 Å². The minimum absolute atomic E-state index is 0.0907. The zero-order valence-electron chi connectivity index (χ0n) is 13.2. The Bertz CT molecular complexity index is 961. The Labute approximate surface area is 143 Å². The molecule has 4 nitrogen and oxygen atoms in total. The first kappa shape index (κ1) is 15.3. The van der Waals surface area contributed by atoms with Crippen LogP contribution >= 0.6 is 0 Å². The fourth-order valence-corrected chi connectivity index (χ4v) is 3.47. The molecular weight excluding hydrogens is 319 g/mol. The number of allylic oxidation sites excluding steroid dienone is 1. The van der Waals surface area contributed by atoms with Crippen LogP contribution in [0.4, 0.5) is 4.39 Å². The number of fused-ring (bicyclic) bond motifs is 1. The molecule has 1 heterocycles. The highest BCUT2D eigenvalue weighted by Crippen LogP contribution is 2.41. The molecule has 1 unspecified atom stereocenters. The summed E-state index contributed by atoms with van der Waals surface area (Å²) in [5, 5.41) is 17.9. The highest BCUT2D eigenvalue weighted by atomic mass is 19.1. The maximum absolute atomic E-state index is 13.4. The summed E-state index contributed by atoms with van der Waals surface area (Å²) in [5.41, 5.74) is 2.59. The molecule has 1 N–H and O–H groups in total. The molecule has 0 saturated carbocycles. The fraction of sp³-hybridized carbons (Fsp3) is 0.100. The Kier molecular flexibility index (Phi) is 3.50. The number of benzene rings is 2. The summed E-state index contributed by atoms with van der Waals surface area (Å²) in [7, 11) is 0. The van der Waals surface area contributed by atoms with Gasteiger partial charge in [0.05, 0.1) is 5.97 Å². The van der Waals surface area contributed by atoms with E-state index in [2.05, 4.69) is 10.2 Å². The Hall–Kier alpha value is -3.21. The third kappa shape index (κ3) is 2.45. The van der Waals surface area contributed by atoms with Crippen LogP contribution < -0.4 is 5.11 Å². The minimum atomic E-state index is -1.31. The molecule has 2 aromatic carbocycles. The van der Waals surface area contributed by atoms with Crippen LogP contribution in [-0.2, 0) is 11.8 Å². The van der Waals surface area contributed by atoms with Crippen LogP contribution in [0.3, 0.4) is 0 Å². The van der Waals surface area contributed by atoms with Crippen molar-refractivity contribution >= 4 is 12.0 Å². The molecule has 0 bridgehead atoms. The van der Waals surface area contributed by atoms with Gasteiger partial charge in [0, 0.05) is 23.1 Å². The molecule has 1 aliphatic rings. The van der Waals surface area contributed by atoms with Gasteiger partial charge in [0.2, 0.25) is 0 Å². The molecule has 4 rings (SSSR count). The summed E-state index contributed by atoms with van der Waals surface area (Å²) in [5.74, 6) is -1.61. The number of hydrogen-bond acceptors (Lipinski definition) is 3. The normalized spacial score (nSPS) is 18.8. The average molecular weight is 333 g/mol. The summed E-state index contributed by atoms with van der Waals surface area (Å²) in [6.45, 7) is 0. The van der Waals surface area contributed by atoms with Crippen molar-refractivity contribution in [1.29, 1.82) is 0 Å². The number of hydrogen-bond donors (Lipinski definition) is 1. The molecule has 3 aromatic rings. The minimum Gasteiger partial charge on any atom is -0.543 e. The summed E-state index contributed by atoms with van der Waals surface area (Å²) < 4.78 is 13.4. The first-order chi connectivity index (χ1) is 12.1. The highest BCUT2D eigenvalue weighted by Gasteiger charge is 2.36. The van der Waals surface area contributed by atoms with Gasteiger partial charge in [0.1, 0.15) is 11.5 Å². The van der Waals surface area contributed by atoms with Gasteiger partial charge in [-0.15, -0.1) is 0 Å². The Morgan fingerprint density at radius 2 is 1.76 bits per heavy atom. The number of rotatable bonds is 3. The highest BCUT2D eigenvalue weighted by molar-refractivity contribution is 5.89. The van der Waals surface area contributed by atoms with Crippen molar-refractivity contribution in [2.24, 2.45) is 0 Å². The predicted octanol–water partition coefficient (Wildman–Crippen LogP) is 2.47. The van der Waals surface area contributed by atoms with Gasteiger partial charge in [-0.3, -0.25) is 5.10 Å². The molecule has 0 radical (unpaired) electrons. The lowest BCUT2D eigenvalue weighted by atomic mass is 9.68. The van der Waals surface area contributed by atoms with Crippen LogP contribution in [0.2, 0.25) is 0 Å². The number of nitrogens with zero attached hydrogens (tertiary/aromatic N) is 1. The van der Waals surface area contributed by atoms with E-state index in [9.17, 15) is 14.3 Å². The molecule has 0 aliphatic heterocycles. The molecule has 1 aliphatic carbocycles. The third-order valence-corrected chi connectivity index (χ3v) is 4.71. The van der Waals surface area contributed by atoms with Crippen LogP contribution in [0, 0.1) is 5.82 Å². The van der Waals surface area contributed by atoms with Crippen molar-refractivity contribution in [3.63, 3.8) is 0 Å². The van der Waals surface area contributed by atoms with Crippen LogP contribution in [-0.4, -0.2) is 16.2 Å². The molecular formula is C20H14FN2O2-. The fourth-order valence-electron chi connectivity index (χ4n) is 3.47. The largest absolute Gasteiger partial charge is 0.543 e. The molecule has 0 amide bonds. The van der Waals surface area contributed by atoms with Crippen LogP contribution in [0.15, 0.2) is 60.7 Å². The Balaban J connectivity index is 1.90. The van der Waals surface area contributed by atoms with Gasteiger partial charge in [-0.05, 0) is 23.3 Å². The zero-order chi connectivity index (χ0) is 17.4. The van der Waals surface area contributed by atoms with Gasteiger partial charge in [-0.1, -0.05) is 54.6 Å². The number of aromatic nitrogens is 2. The van der Waals surface area contributed by atoms with Gasteiger partial charge in [-0.25, -0.2) is 4.39 Å². The maximum atomic E-state index is 13.4. The average Bonchev–Trinajstić information content (AvgIpc) is 3.06. The lowest BCUT2D eigenvalue weighted by Gasteiger charge is -2.34. The van der Waals surface area contributed by atoms with E-state index in [0.717, 1.165) is 16.8 Å². The lowest BCUT2D eigenvalue weighted by Crippen LogP contribution is -2.31. The smallest absolute Gasteiger partial charge is 0.123 e. The van der Waals surface area contributed by atoms with Gasteiger partial charge < -0.3 is 9.90 Å². The SMILES string of the molecule is O=C([O-])c1n[nH]c2c1C=CC(c1ccccc1)(c1ccc(F)cc1)C2. The topological polar surface area (TPSA) is 68.8 Å². The van der Waals surface area contributed by atoms with Crippen molar-refractivity contribution in [1.82, 2.24) is 10.2 Å². The molecule has 25 heavy (non-hydrogen) atoms. The molecule has 0 fully saturated rings. The number of carbonyl (C=O) groups excluding carboxylic acids is 1. The number of aromatic carboxylic acids is 1. The molecule has 1 atom stereocenters. The second-order valence-corrected chi connectivity index (χ2v) is 6.11. The van der Waals surface area contributed by atoms with Gasteiger partial charge >= 0.3 is 0 Å². The number of carbonyl (C=O) groups is 1. The molecule has 0 saturated heterocycles. The predicted molar refractivity (Wildman–Crippen MR) is 89.3 cm³/mol. The first-order valence-electron chi connectivity index (χ1n) is 7.89. The van der Waals surface area contributed by atoms with Crippen molar-refractivity contribution in [3.05, 3.63) is 94.6 Å². The van der Waals surface area contributed by atoms with Crippen LogP contribution in [0.5, 0.6) is 0 Å². The van der Waals surface area contributed by atoms with E-state index in [1.807, 2.05) is 36.4 Å². The molecule has 124 valence electrons. The maximum Gasteiger partial charge on any atom is 0.123 e. The second-order valence-electron chi connectivity index (χ2n) is 6.11. The molecule has 5 heteroatoms. The van der Waals surface area contributed by atoms with Gasteiger partial charge in [0.25, 0.3) is 0 Å². The van der Waals surface area contributed by atoms with Gasteiger partial charge in [0.15, 0.2) is 0 Å². The zero-order valence-corrected chi connectivity index (χ0v) is 13.2. The van der Waals surface area contributed by atoms with E-state index in [-0.39, 0.29) is 11.5 Å². The van der Waals surface area contributed by atoms with E-state index in [1.54, 1.807) is 18.2 Å². The Morgan fingerprint density at radius 1 is 1.08 bits per heavy atom. The van der Waals surface area contributed by atoms with Crippen molar-refractivity contribution in [2.45, 2.75) is 11.8 Å². The molecule has 0 spiro atoms. The van der Waals surface area contributed by atoms with E-state index >= 15 is 0 Å². The van der Waals surface area contributed by atoms with Crippen LogP contribution in [0.1, 0.15) is 32.9 Å². The third-order valence-electron chi connectivity index (χ3n) is 4.71. The quantitative estimate of drug-likeness (QED) is 0.800. The van der Waals surface area contributed by atoms with Crippen molar-refractivity contribution in [3.8, 4) is 0 Å². The monoisotopic (exact) mass is 333 g/mol. The van der Waals surface area contributed by atoms with Crippen molar-refractivity contribution < 1.29 is 14.3 Å². The Morgan fingerprint density at radius 3 is 2.44 bits per heavy atom. The number of nitrogens with one attached hydrogen (secondary N) is 1. The van der Waals surface area contributed by atoms with Gasteiger partial charge in [-0.2, -0.15) is 5.10 Å². The number of carboxylic acids is 1. The number of aromatic amines is 1. The van der Waals surface area contributed by atoms with E-state index in [1.165, 1.54) is 12.1 Å². The van der Waals surface area contributed by atoms with Crippen LogP contribution in [0.25, 0.3) is 6.08 Å². The lowest BCUT2D eigenvalue weighted by molar-refractivity contribution is -0.255. The first-order valence-corrected chi connectivity index (χ1v) is 7.89. The van der Waals surface area contributed by atoms with E-state index in [0.29, 0.717) is 12.0 Å². The standard InChI is InChI=1S/C20H15FN2O2/c21-15-8-6-14(7-9-15)20(13-4-2-1-3-5-13)11-10-16-17(12-20)22-23-18(16)19(24)25/h1-11H,12H2,(H,22,23)(H,24,25)/p-1. The second kappa shape index (κ2) is 5.70. The number of carboxylic acid groups (broad SMARTS) is 1. The summed E-state index contributed by atoms with van der Waals surface area (Å²) in [4.78, 5) is 11.2. The summed E-state index contributed by atoms with van der Waals surface area (Å²) in [6, 6.07) is 16.2.